The summed E-state index contributed by atoms with van der Waals surface area (Å²) in [7, 11) is 2.09. The summed E-state index contributed by atoms with van der Waals surface area (Å²) in [5, 5.41) is 3.23. The number of amides is 2. The van der Waals surface area contributed by atoms with Gasteiger partial charge in [-0.1, -0.05) is 6.92 Å². The SMILES string of the molecule is CCC(C)N(C)CCNC1CC(=O)N(C2CC2)C1=O. The van der Waals surface area contributed by atoms with Crippen molar-refractivity contribution in [2.75, 3.05) is 20.1 Å². The van der Waals surface area contributed by atoms with Gasteiger partial charge in [-0.15, -0.1) is 0 Å². The smallest absolute Gasteiger partial charge is 0.247 e. The Bertz CT molecular complexity index is 355. The molecular weight excluding hydrogens is 242 g/mol. The molecular formula is C14H25N3O2. The summed E-state index contributed by atoms with van der Waals surface area (Å²) in [4.78, 5) is 27.6. The van der Waals surface area contributed by atoms with Crippen molar-refractivity contribution in [1.82, 2.24) is 15.1 Å². The van der Waals surface area contributed by atoms with Crippen molar-refractivity contribution in [2.45, 2.75) is 57.7 Å². The van der Waals surface area contributed by atoms with Crippen molar-refractivity contribution in [1.29, 1.82) is 0 Å². The number of imide groups is 1. The number of hydrogen-bond acceptors (Lipinski definition) is 4. The van der Waals surface area contributed by atoms with Crippen LogP contribution in [0.15, 0.2) is 0 Å². The number of nitrogens with zero attached hydrogens (tertiary/aromatic N) is 2. The molecule has 1 heterocycles. The van der Waals surface area contributed by atoms with Gasteiger partial charge in [0.25, 0.3) is 0 Å². The number of carbonyl (C=O) groups is 2. The Kier molecular flexibility index (Phi) is 4.58. The average Bonchev–Trinajstić information content (AvgIpc) is 3.16. The molecule has 2 aliphatic rings. The van der Waals surface area contributed by atoms with Crippen LogP contribution in [0.4, 0.5) is 0 Å². The zero-order valence-corrected chi connectivity index (χ0v) is 12.2. The van der Waals surface area contributed by atoms with Crippen LogP contribution in [0.2, 0.25) is 0 Å². The lowest BCUT2D eigenvalue weighted by Crippen LogP contribution is -2.43. The van der Waals surface area contributed by atoms with Crippen LogP contribution in [0, 0.1) is 0 Å². The quantitative estimate of drug-likeness (QED) is 0.686. The first-order chi connectivity index (χ1) is 9.04. The second kappa shape index (κ2) is 6.01. The summed E-state index contributed by atoms with van der Waals surface area (Å²) in [6.45, 7) is 6.01. The molecule has 0 aromatic carbocycles. The molecule has 2 atom stereocenters. The van der Waals surface area contributed by atoms with E-state index in [0.29, 0.717) is 12.5 Å². The molecule has 2 amide bonds. The molecule has 5 heteroatoms. The first kappa shape index (κ1) is 14.5. The van der Waals surface area contributed by atoms with E-state index in [1.165, 1.54) is 4.90 Å². The number of hydrogen-bond donors (Lipinski definition) is 1. The fraction of sp³-hybridized carbons (Fsp3) is 0.857. The Balaban J connectivity index is 1.75. The summed E-state index contributed by atoms with van der Waals surface area (Å²) in [5.74, 6) is -0.0148. The average molecular weight is 267 g/mol. The van der Waals surface area contributed by atoms with Gasteiger partial charge in [0.15, 0.2) is 0 Å². The van der Waals surface area contributed by atoms with Crippen LogP contribution in [0.3, 0.4) is 0 Å². The molecule has 1 saturated heterocycles. The summed E-state index contributed by atoms with van der Waals surface area (Å²) in [5.41, 5.74) is 0. The van der Waals surface area contributed by atoms with Crippen molar-refractivity contribution in [2.24, 2.45) is 0 Å². The van der Waals surface area contributed by atoms with Gasteiger partial charge in [0.1, 0.15) is 0 Å². The first-order valence-corrected chi connectivity index (χ1v) is 7.34. The lowest BCUT2D eigenvalue weighted by molar-refractivity contribution is -0.139. The Hall–Kier alpha value is -0.940. The molecule has 1 aliphatic carbocycles. The predicted octanol–water partition coefficient (Wildman–Crippen LogP) is 0.596. The van der Waals surface area contributed by atoms with Gasteiger partial charge in [0.2, 0.25) is 11.8 Å². The molecule has 0 bridgehead atoms. The molecule has 0 spiro atoms. The third-order valence-corrected chi connectivity index (χ3v) is 4.29. The molecule has 0 aromatic heterocycles. The molecule has 1 N–H and O–H groups in total. The lowest BCUT2D eigenvalue weighted by Gasteiger charge is -2.24. The number of likely N-dealkylation sites (tertiary alicyclic amines) is 1. The fourth-order valence-electron chi connectivity index (χ4n) is 2.47. The van der Waals surface area contributed by atoms with E-state index < -0.39 is 0 Å². The van der Waals surface area contributed by atoms with Gasteiger partial charge in [-0.25, -0.2) is 0 Å². The molecule has 0 radical (unpaired) electrons. The Morgan fingerprint density at radius 3 is 2.68 bits per heavy atom. The number of carbonyl (C=O) groups excluding carboxylic acids is 2. The monoisotopic (exact) mass is 267 g/mol. The topological polar surface area (TPSA) is 52.7 Å². The van der Waals surface area contributed by atoms with Gasteiger partial charge in [0.05, 0.1) is 12.5 Å². The predicted molar refractivity (Wildman–Crippen MR) is 73.7 cm³/mol. The zero-order valence-electron chi connectivity index (χ0n) is 12.2. The van der Waals surface area contributed by atoms with Crippen LogP contribution in [-0.4, -0.2) is 59.9 Å². The molecule has 5 nitrogen and oxygen atoms in total. The Morgan fingerprint density at radius 2 is 2.11 bits per heavy atom. The molecule has 2 unspecified atom stereocenters. The van der Waals surface area contributed by atoms with Gasteiger partial charge in [0, 0.05) is 25.2 Å². The van der Waals surface area contributed by atoms with Gasteiger partial charge in [-0.05, 0) is 33.2 Å². The van der Waals surface area contributed by atoms with Gasteiger partial charge in [-0.2, -0.15) is 0 Å². The van der Waals surface area contributed by atoms with Crippen molar-refractivity contribution < 1.29 is 9.59 Å². The molecule has 19 heavy (non-hydrogen) atoms. The molecule has 108 valence electrons. The van der Waals surface area contributed by atoms with Crippen LogP contribution >= 0.6 is 0 Å². The third-order valence-electron chi connectivity index (χ3n) is 4.29. The van der Waals surface area contributed by atoms with Crippen molar-refractivity contribution in [3.05, 3.63) is 0 Å². The maximum absolute atomic E-state index is 12.1. The van der Waals surface area contributed by atoms with E-state index in [1.807, 2.05) is 0 Å². The van der Waals surface area contributed by atoms with E-state index in [0.717, 1.165) is 32.4 Å². The molecule has 1 saturated carbocycles. The fourth-order valence-corrected chi connectivity index (χ4v) is 2.47. The number of rotatable bonds is 7. The van der Waals surface area contributed by atoms with Crippen LogP contribution in [0.5, 0.6) is 0 Å². The second-order valence-corrected chi connectivity index (χ2v) is 5.78. The normalized spacial score (nSPS) is 25.5. The molecule has 0 aromatic rings. The van der Waals surface area contributed by atoms with Gasteiger partial charge < -0.3 is 10.2 Å². The zero-order chi connectivity index (χ0) is 14.0. The number of likely N-dealkylation sites (N-methyl/N-ethyl adjacent to an activating group) is 1. The first-order valence-electron chi connectivity index (χ1n) is 7.34. The summed E-state index contributed by atoms with van der Waals surface area (Å²) < 4.78 is 0. The molecule has 1 aliphatic heterocycles. The maximum atomic E-state index is 12.1. The van der Waals surface area contributed by atoms with Crippen molar-refractivity contribution >= 4 is 11.8 Å². The highest BCUT2D eigenvalue weighted by molar-refractivity contribution is 6.06. The van der Waals surface area contributed by atoms with E-state index in [2.05, 4.69) is 31.1 Å². The van der Waals surface area contributed by atoms with E-state index in [9.17, 15) is 9.59 Å². The summed E-state index contributed by atoms with van der Waals surface area (Å²) in [6, 6.07) is 0.457. The van der Waals surface area contributed by atoms with Crippen LogP contribution in [-0.2, 0) is 9.59 Å². The van der Waals surface area contributed by atoms with E-state index >= 15 is 0 Å². The largest absolute Gasteiger partial charge is 0.304 e. The lowest BCUT2D eigenvalue weighted by atomic mass is 10.2. The van der Waals surface area contributed by atoms with E-state index in [1.54, 1.807) is 0 Å². The van der Waals surface area contributed by atoms with Crippen molar-refractivity contribution in [3.63, 3.8) is 0 Å². The minimum atomic E-state index is -0.293. The summed E-state index contributed by atoms with van der Waals surface area (Å²) >= 11 is 0. The van der Waals surface area contributed by atoms with Crippen LogP contribution in [0.1, 0.15) is 39.5 Å². The third kappa shape index (κ3) is 3.34. The van der Waals surface area contributed by atoms with Crippen molar-refractivity contribution in [3.8, 4) is 0 Å². The standard InChI is InChI=1S/C14H25N3O2/c1-4-10(2)16(3)8-7-15-12-9-13(18)17(14(12)19)11-5-6-11/h10-12,15H,4-9H2,1-3H3. The van der Waals surface area contributed by atoms with Gasteiger partial charge in [-0.3, -0.25) is 14.5 Å². The highest BCUT2D eigenvalue weighted by atomic mass is 16.2. The van der Waals surface area contributed by atoms with Gasteiger partial charge >= 0.3 is 0 Å². The molecule has 2 rings (SSSR count). The highest BCUT2D eigenvalue weighted by Crippen LogP contribution is 2.31. The number of nitrogens with one attached hydrogen (secondary N) is 1. The molecule has 2 fully saturated rings. The Labute approximate surface area is 115 Å². The van der Waals surface area contributed by atoms with E-state index in [4.69, 9.17) is 0 Å². The Morgan fingerprint density at radius 1 is 1.42 bits per heavy atom. The minimum absolute atomic E-state index is 0.000260. The highest BCUT2D eigenvalue weighted by Gasteiger charge is 2.45. The maximum Gasteiger partial charge on any atom is 0.247 e. The summed E-state index contributed by atoms with van der Waals surface area (Å²) in [6.07, 6.45) is 3.43. The van der Waals surface area contributed by atoms with Crippen LogP contribution < -0.4 is 5.32 Å². The minimum Gasteiger partial charge on any atom is -0.304 e. The second-order valence-electron chi connectivity index (χ2n) is 5.78. The van der Waals surface area contributed by atoms with Crippen LogP contribution in [0.25, 0.3) is 0 Å². The van der Waals surface area contributed by atoms with E-state index in [-0.39, 0.29) is 23.9 Å².